The van der Waals surface area contributed by atoms with Crippen LogP contribution in [-0.4, -0.2) is 17.4 Å². The van der Waals surface area contributed by atoms with Gasteiger partial charge in [-0.3, -0.25) is 9.78 Å². The second kappa shape index (κ2) is 6.45. The highest BCUT2D eigenvalue weighted by molar-refractivity contribution is 6.04. The molecule has 0 saturated carbocycles. The summed E-state index contributed by atoms with van der Waals surface area (Å²) in [5.74, 6) is 4.33. The quantitative estimate of drug-likeness (QED) is 0.817. The summed E-state index contributed by atoms with van der Waals surface area (Å²) in [4.78, 5) is 15.7. The number of nitrogens with two attached hydrogens (primary N) is 1. The van der Waals surface area contributed by atoms with Crippen molar-refractivity contribution in [3.05, 3.63) is 59.7 Å². The molecule has 0 aliphatic carbocycles. The molecule has 2 rings (SSSR count). The van der Waals surface area contributed by atoms with Crippen molar-refractivity contribution >= 4 is 11.6 Å². The molecule has 0 unspecified atom stereocenters. The van der Waals surface area contributed by atoms with Gasteiger partial charge in [-0.05, 0) is 30.3 Å². The van der Waals surface area contributed by atoms with Crippen molar-refractivity contribution in [1.29, 1.82) is 0 Å². The SMILES string of the molecule is NCC#Cc1ccc(NC(=O)c2cccnc2)cc1F. The summed E-state index contributed by atoms with van der Waals surface area (Å²) in [6.45, 7) is 0.166. The van der Waals surface area contributed by atoms with E-state index in [9.17, 15) is 9.18 Å². The fourth-order valence-electron chi connectivity index (χ4n) is 1.54. The van der Waals surface area contributed by atoms with Gasteiger partial charge in [0.25, 0.3) is 5.91 Å². The number of nitrogens with one attached hydrogen (secondary N) is 1. The third kappa shape index (κ3) is 3.40. The van der Waals surface area contributed by atoms with Crippen molar-refractivity contribution < 1.29 is 9.18 Å². The number of rotatable bonds is 2. The lowest BCUT2D eigenvalue weighted by atomic mass is 10.2. The van der Waals surface area contributed by atoms with Crippen LogP contribution in [0.4, 0.5) is 10.1 Å². The molecule has 2 aromatic rings. The number of benzene rings is 1. The summed E-state index contributed by atoms with van der Waals surface area (Å²) in [7, 11) is 0. The minimum Gasteiger partial charge on any atom is -0.322 e. The standard InChI is InChI=1S/C15H12FN3O/c16-14-9-13(6-5-11(14)3-1-7-17)19-15(20)12-4-2-8-18-10-12/h2,4-6,8-10H,7,17H2,(H,19,20). The van der Waals surface area contributed by atoms with Gasteiger partial charge in [-0.2, -0.15) is 0 Å². The first kappa shape index (κ1) is 13.7. The first-order chi connectivity index (χ1) is 9.70. The molecule has 1 heterocycles. The molecule has 5 heteroatoms. The van der Waals surface area contributed by atoms with E-state index in [4.69, 9.17) is 5.73 Å². The van der Waals surface area contributed by atoms with Crippen LogP contribution < -0.4 is 11.1 Å². The Kier molecular flexibility index (Phi) is 4.43. The second-order valence-electron chi connectivity index (χ2n) is 3.90. The molecule has 0 radical (unpaired) electrons. The van der Waals surface area contributed by atoms with Crippen LogP contribution in [0.25, 0.3) is 0 Å². The normalized spacial score (nSPS) is 9.50. The molecule has 0 saturated heterocycles. The van der Waals surface area contributed by atoms with Gasteiger partial charge in [0.1, 0.15) is 5.82 Å². The first-order valence-electron chi connectivity index (χ1n) is 5.90. The predicted octanol–water partition coefficient (Wildman–Crippen LogP) is 1.78. The fraction of sp³-hybridized carbons (Fsp3) is 0.0667. The molecule has 0 bridgehead atoms. The Labute approximate surface area is 115 Å². The van der Waals surface area contributed by atoms with Gasteiger partial charge in [0.05, 0.1) is 17.7 Å². The fourth-order valence-corrected chi connectivity index (χ4v) is 1.54. The van der Waals surface area contributed by atoms with E-state index in [1.54, 1.807) is 24.4 Å². The average molecular weight is 269 g/mol. The lowest BCUT2D eigenvalue weighted by molar-refractivity contribution is 0.102. The molecular weight excluding hydrogens is 257 g/mol. The molecule has 0 fully saturated rings. The largest absolute Gasteiger partial charge is 0.322 e. The van der Waals surface area contributed by atoms with Crippen molar-refractivity contribution in [3.63, 3.8) is 0 Å². The second-order valence-corrected chi connectivity index (χ2v) is 3.90. The van der Waals surface area contributed by atoms with Gasteiger partial charge in [-0.1, -0.05) is 11.8 Å². The number of carbonyl (C=O) groups is 1. The molecule has 0 aliphatic heterocycles. The third-order valence-electron chi connectivity index (χ3n) is 2.48. The van der Waals surface area contributed by atoms with Crippen molar-refractivity contribution in [3.8, 4) is 11.8 Å². The Bertz CT molecular complexity index is 675. The number of halogens is 1. The molecule has 4 nitrogen and oxygen atoms in total. The molecule has 1 amide bonds. The Morgan fingerprint density at radius 1 is 1.40 bits per heavy atom. The van der Waals surface area contributed by atoms with Crippen LogP contribution in [0.3, 0.4) is 0 Å². The summed E-state index contributed by atoms with van der Waals surface area (Å²) in [6.07, 6.45) is 3.01. The van der Waals surface area contributed by atoms with E-state index >= 15 is 0 Å². The molecule has 0 atom stereocenters. The number of carbonyl (C=O) groups excluding carboxylic acids is 1. The van der Waals surface area contributed by atoms with Crippen molar-refractivity contribution in [2.24, 2.45) is 5.73 Å². The summed E-state index contributed by atoms with van der Waals surface area (Å²) in [6, 6.07) is 7.57. The Hall–Kier alpha value is -2.71. The van der Waals surface area contributed by atoms with Crippen LogP contribution in [0.5, 0.6) is 0 Å². The zero-order valence-electron chi connectivity index (χ0n) is 10.6. The number of amides is 1. The molecule has 1 aromatic carbocycles. The molecule has 3 N–H and O–H groups in total. The Balaban J connectivity index is 2.15. The zero-order valence-corrected chi connectivity index (χ0v) is 10.6. The predicted molar refractivity (Wildman–Crippen MR) is 74.5 cm³/mol. The minimum absolute atomic E-state index is 0.166. The van der Waals surface area contributed by atoms with E-state index in [0.29, 0.717) is 11.3 Å². The Morgan fingerprint density at radius 2 is 2.25 bits per heavy atom. The topological polar surface area (TPSA) is 68.0 Å². The summed E-state index contributed by atoms with van der Waals surface area (Å²) < 4.78 is 13.7. The highest BCUT2D eigenvalue weighted by atomic mass is 19.1. The van der Waals surface area contributed by atoms with E-state index in [1.807, 2.05) is 0 Å². The van der Waals surface area contributed by atoms with Gasteiger partial charge >= 0.3 is 0 Å². The van der Waals surface area contributed by atoms with E-state index in [0.717, 1.165) is 0 Å². The van der Waals surface area contributed by atoms with Gasteiger partial charge in [-0.25, -0.2) is 4.39 Å². The number of hydrogen-bond donors (Lipinski definition) is 2. The highest BCUT2D eigenvalue weighted by Gasteiger charge is 2.07. The molecule has 100 valence electrons. The number of pyridine rings is 1. The minimum atomic E-state index is -0.505. The zero-order chi connectivity index (χ0) is 14.4. The van der Waals surface area contributed by atoms with Gasteiger partial charge in [0, 0.05) is 18.1 Å². The molecule has 0 aliphatic rings. The van der Waals surface area contributed by atoms with Gasteiger partial charge < -0.3 is 11.1 Å². The average Bonchev–Trinajstić information content (AvgIpc) is 2.47. The lowest BCUT2D eigenvalue weighted by Gasteiger charge is -2.05. The maximum atomic E-state index is 13.7. The Morgan fingerprint density at radius 3 is 2.90 bits per heavy atom. The van der Waals surface area contributed by atoms with Crippen molar-refractivity contribution in [2.45, 2.75) is 0 Å². The maximum Gasteiger partial charge on any atom is 0.257 e. The third-order valence-corrected chi connectivity index (χ3v) is 2.48. The van der Waals surface area contributed by atoms with Crippen LogP contribution in [0.15, 0.2) is 42.7 Å². The number of anilines is 1. The van der Waals surface area contributed by atoms with Gasteiger partial charge in [-0.15, -0.1) is 0 Å². The van der Waals surface area contributed by atoms with Crippen LogP contribution in [0.2, 0.25) is 0 Å². The van der Waals surface area contributed by atoms with Crippen LogP contribution >= 0.6 is 0 Å². The molecule has 20 heavy (non-hydrogen) atoms. The molecule has 0 spiro atoms. The van der Waals surface area contributed by atoms with E-state index < -0.39 is 5.82 Å². The summed E-state index contributed by atoms with van der Waals surface area (Å²) in [5.41, 5.74) is 6.23. The lowest BCUT2D eigenvalue weighted by Crippen LogP contribution is -2.12. The number of hydrogen-bond acceptors (Lipinski definition) is 3. The van der Waals surface area contributed by atoms with Gasteiger partial charge in [0.2, 0.25) is 0 Å². The van der Waals surface area contributed by atoms with Crippen molar-refractivity contribution in [2.75, 3.05) is 11.9 Å². The highest BCUT2D eigenvalue weighted by Crippen LogP contribution is 2.14. The monoisotopic (exact) mass is 269 g/mol. The van der Waals surface area contributed by atoms with Crippen LogP contribution in [0.1, 0.15) is 15.9 Å². The summed E-state index contributed by atoms with van der Waals surface area (Å²) >= 11 is 0. The summed E-state index contributed by atoms with van der Waals surface area (Å²) in [5, 5.41) is 2.59. The van der Waals surface area contributed by atoms with Gasteiger partial charge in [0.15, 0.2) is 0 Å². The number of aromatic nitrogens is 1. The molecular formula is C15H12FN3O. The smallest absolute Gasteiger partial charge is 0.257 e. The van der Waals surface area contributed by atoms with E-state index in [1.165, 1.54) is 18.3 Å². The first-order valence-corrected chi connectivity index (χ1v) is 5.90. The van der Waals surface area contributed by atoms with Crippen LogP contribution in [0, 0.1) is 17.7 Å². The van der Waals surface area contributed by atoms with Crippen LogP contribution in [-0.2, 0) is 0 Å². The number of nitrogens with zero attached hydrogens (tertiary/aromatic N) is 1. The molecule has 1 aromatic heterocycles. The van der Waals surface area contributed by atoms with E-state index in [2.05, 4.69) is 22.1 Å². The van der Waals surface area contributed by atoms with Crippen molar-refractivity contribution in [1.82, 2.24) is 4.98 Å². The maximum absolute atomic E-state index is 13.7. The van der Waals surface area contributed by atoms with E-state index in [-0.39, 0.29) is 18.0 Å².